The van der Waals surface area contributed by atoms with E-state index in [0.717, 1.165) is 12.8 Å². The van der Waals surface area contributed by atoms with Crippen LogP contribution in [0.4, 0.5) is 0 Å². The van der Waals surface area contributed by atoms with Crippen molar-refractivity contribution in [2.24, 2.45) is 0 Å². The van der Waals surface area contributed by atoms with Crippen molar-refractivity contribution in [3.8, 4) is 5.75 Å². The Labute approximate surface area is 198 Å². The van der Waals surface area contributed by atoms with E-state index in [1.807, 2.05) is 0 Å². The van der Waals surface area contributed by atoms with E-state index < -0.39 is 22.0 Å². The molecule has 1 aromatic carbocycles. The molecular formula is C22H28ClN3O6S. The van der Waals surface area contributed by atoms with Crippen LogP contribution in [-0.4, -0.2) is 51.6 Å². The molecule has 9 nitrogen and oxygen atoms in total. The van der Waals surface area contributed by atoms with Gasteiger partial charge in [-0.1, -0.05) is 24.4 Å². The number of unbranched alkanes of at least 4 members (excludes halogenated alkanes) is 3. The third kappa shape index (κ3) is 9.77. The lowest BCUT2D eigenvalue weighted by Gasteiger charge is -2.19. The first-order chi connectivity index (χ1) is 15.8. The average molecular weight is 498 g/mol. The number of amides is 1. The van der Waals surface area contributed by atoms with Gasteiger partial charge in [0.15, 0.2) is 0 Å². The molecule has 2 aromatic rings. The van der Waals surface area contributed by atoms with Crippen molar-refractivity contribution in [1.82, 2.24) is 15.0 Å². The maximum atomic E-state index is 12.8. The Kier molecular flexibility index (Phi) is 11.1. The number of methoxy groups -OCH3 is 1. The summed E-state index contributed by atoms with van der Waals surface area (Å²) in [6.45, 7) is 0.145. The van der Waals surface area contributed by atoms with E-state index in [0.29, 0.717) is 36.6 Å². The zero-order valence-electron chi connectivity index (χ0n) is 18.3. The van der Waals surface area contributed by atoms with Crippen LogP contribution in [0.25, 0.3) is 0 Å². The van der Waals surface area contributed by atoms with Crippen LogP contribution in [0.3, 0.4) is 0 Å². The molecule has 0 saturated heterocycles. The lowest BCUT2D eigenvalue weighted by molar-refractivity contribution is -0.140. The molecular weight excluding hydrogens is 470 g/mol. The molecule has 1 heterocycles. The first-order valence-corrected chi connectivity index (χ1v) is 12.3. The second-order valence-corrected chi connectivity index (χ2v) is 9.31. The summed E-state index contributed by atoms with van der Waals surface area (Å²) in [4.78, 5) is 27.8. The van der Waals surface area contributed by atoms with Crippen molar-refractivity contribution in [2.45, 2.75) is 43.0 Å². The Morgan fingerprint density at radius 3 is 2.48 bits per heavy atom. The Hall–Kier alpha value is -2.69. The number of sulfonamides is 1. The van der Waals surface area contributed by atoms with Gasteiger partial charge in [0.25, 0.3) is 0 Å². The first kappa shape index (κ1) is 26.6. The van der Waals surface area contributed by atoms with Crippen LogP contribution in [0.2, 0.25) is 5.02 Å². The molecule has 1 aromatic heterocycles. The van der Waals surface area contributed by atoms with Crippen molar-refractivity contribution in [3.63, 3.8) is 0 Å². The van der Waals surface area contributed by atoms with E-state index in [1.54, 1.807) is 18.3 Å². The number of aromatic nitrogens is 1. The summed E-state index contributed by atoms with van der Waals surface area (Å²) in [6, 6.07) is 7.79. The summed E-state index contributed by atoms with van der Waals surface area (Å²) in [5, 5.41) is 3.14. The van der Waals surface area contributed by atoms with Crippen LogP contribution >= 0.6 is 11.6 Å². The lowest BCUT2D eigenvalue weighted by atomic mass is 10.1. The van der Waals surface area contributed by atoms with Gasteiger partial charge in [-0.2, -0.15) is 4.72 Å². The molecule has 33 heavy (non-hydrogen) atoms. The summed E-state index contributed by atoms with van der Waals surface area (Å²) in [7, 11) is -2.63. The minimum atomic E-state index is -3.99. The summed E-state index contributed by atoms with van der Waals surface area (Å²) >= 11 is 5.83. The maximum absolute atomic E-state index is 12.8. The van der Waals surface area contributed by atoms with Crippen molar-refractivity contribution in [3.05, 3.63) is 53.8 Å². The Morgan fingerprint density at radius 2 is 1.82 bits per heavy atom. The highest BCUT2D eigenvalue weighted by Crippen LogP contribution is 2.15. The number of rotatable bonds is 14. The third-order valence-electron chi connectivity index (χ3n) is 4.62. The number of carbonyl (C=O) groups excluding carboxylic acids is 2. The summed E-state index contributed by atoms with van der Waals surface area (Å²) in [5.41, 5.74) is 0. The molecule has 11 heteroatoms. The molecule has 0 bridgehead atoms. The first-order valence-electron chi connectivity index (χ1n) is 10.5. The quantitative estimate of drug-likeness (QED) is 0.304. The fraction of sp³-hybridized carbons (Fsp3) is 0.409. The van der Waals surface area contributed by atoms with Gasteiger partial charge in [-0.05, 0) is 49.2 Å². The molecule has 180 valence electrons. The molecule has 2 rings (SSSR count). The summed E-state index contributed by atoms with van der Waals surface area (Å²) in [6.07, 6.45) is 6.44. The number of nitrogens with one attached hydrogen (secondary N) is 2. The minimum Gasteiger partial charge on any atom is -0.490 e. The van der Waals surface area contributed by atoms with Crippen molar-refractivity contribution in [1.29, 1.82) is 0 Å². The summed E-state index contributed by atoms with van der Waals surface area (Å²) < 4.78 is 38.1. The molecule has 0 aliphatic rings. The van der Waals surface area contributed by atoms with Crippen molar-refractivity contribution < 1.29 is 27.5 Å². The van der Waals surface area contributed by atoms with Gasteiger partial charge in [0.1, 0.15) is 18.4 Å². The lowest BCUT2D eigenvalue weighted by Crippen LogP contribution is -2.50. The highest BCUT2D eigenvalue weighted by molar-refractivity contribution is 7.89. The number of benzene rings is 1. The van der Waals surface area contributed by atoms with Crippen molar-refractivity contribution >= 4 is 33.5 Å². The zero-order chi connectivity index (χ0) is 24.1. The number of esters is 1. The van der Waals surface area contributed by atoms with Crippen LogP contribution in [0.1, 0.15) is 32.1 Å². The molecule has 1 unspecified atom stereocenters. The highest BCUT2D eigenvalue weighted by Gasteiger charge is 2.26. The normalized spacial score (nSPS) is 12.1. The van der Waals surface area contributed by atoms with Gasteiger partial charge in [-0.3, -0.25) is 14.6 Å². The number of nitrogens with zero attached hydrogens (tertiary/aromatic N) is 1. The standard InChI is InChI=1S/C22H28ClN3O6S/c1-31-21(27)8-4-2-3-5-14-25-22(28)20(16-32-18-7-6-13-24-15-18)26-33(29,30)19-11-9-17(23)10-12-19/h6-7,9-13,15,20,26H,2-5,8,14,16H2,1H3,(H,25,28). The van der Waals surface area contributed by atoms with Gasteiger partial charge in [-0.25, -0.2) is 8.42 Å². The number of carbonyl (C=O) groups is 2. The molecule has 0 aliphatic heterocycles. The Bertz CT molecular complexity index is 987. The maximum Gasteiger partial charge on any atom is 0.305 e. The smallest absolute Gasteiger partial charge is 0.305 e. The number of halogens is 1. The molecule has 0 radical (unpaired) electrons. The minimum absolute atomic E-state index is 0.0170. The van der Waals surface area contributed by atoms with Crippen LogP contribution in [-0.2, 0) is 24.3 Å². The molecule has 2 N–H and O–H groups in total. The van der Waals surface area contributed by atoms with Gasteiger partial charge in [-0.15, -0.1) is 0 Å². The molecule has 1 amide bonds. The fourth-order valence-corrected chi connectivity index (χ4v) is 4.14. The predicted octanol–water partition coefficient (Wildman–Crippen LogP) is 2.70. The monoisotopic (exact) mass is 497 g/mol. The van der Waals surface area contributed by atoms with E-state index in [4.69, 9.17) is 16.3 Å². The van der Waals surface area contributed by atoms with Crippen LogP contribution in [0.15, 0.2) is 53.7 Å². The second-order valence-electron chi connectivity index (χ2n) is 7.16. The average Bonchev–Trinajstić information content (AvgIpc) is 2.81. The molecule has 0 fully saturated rings. The van der Waals surface area contributed by atoms with E-state index in [1.165, 1.54) is 37.6 Å². The Morgan fingerprint density at radius 1 is 1.09 bits per heavy atom. The van der Waals surface area contributed by atoms with Crippen LogP contribution in [0, 0.1) is 0 Å². The molecule has 1 atom stereocenters. The topological polar surface area (TPSA) is 124 Å². The highest BCUT2D eigenvalue weighted by atomic mass is 35.5. The fourth-order valence-electron chi connectivity index (χ4n) is 2.83. The molecule has 0 aliphatic carbocycles. The molecule has 0 saturated carbocycles. The van der Waals surface area contributed by atoms with Gasteiger partial charge in [0.05, 0.1) is 18.2 Å². The SMILES string of the molecule is COC(=O)CCCCCCNC(=O)C(COc1cccnc1)NS(=O)(=O)c1ccc(Cl)cc1. The number of ether oxygens (including phenoxy) is 2. The van der Waals surface area contributed by atoms with E-state index in [9.17, 15) is 18.0 Å². The van der Waals surface area contributed by atoms with E-state index in [2.05, 4.69) is 19.8 Å². The third-order valence-corrected chi connectivity index (χ3v) is 6.36. The van der Waals surface area contributed by atoms with Gasteiger partial charge >= 0.3 is 5.97 Å². The van der Waals surface area contributed by atoms with Gasteiger partial charge in [0, 0.05) is 24.2 Å². The molecule has 0 spiro atoms. The van der Waals surface area contributed by atoms with E-state index in [-0.39, 0.29) is 17.5 Å². The Balaban J connectivity index is 1.93. The zero-order valence-corrected chi connectivity index (χ0v) is 19.9. The number of hydrogen-bond acceptors (Lipinski definition) is 7. The predicted molar refractivity (Wildman–Crippen MR) is 123 cm³/mol. The van der Waals surface area contributed by atoms with Crippen LogP contribution in [0.5, 0.6) is 5.75 Å². The summed E-state index contributed by atoms with van der Waals surface area (Å²) in [5.74, 6) is -0.342. The number of hydrogen-bond donors (Lipinski definition) is 2. The van der Waals surface area contributed by atoms with Crippen molar-refractivity contribution in [2.75, 3.05) is 20.3 Å². The van der Waals surface area contributed by atoms with E-state index >= 15 is 0 Å². The van der Waals surface area contributed by atoms with Gasteiger partial charge < -0.3 is 14.8 Å². The number of pyridine rings is 1. The second kappa shape index (κ2) is 13.8. The van der Waals surface area contributed by atoms with Gasteiger partial charge in [0.2, 0.25) is 15.9 Å². The largest absolute Gasteiger partial charge is 0.490 e. The van der Waals surface area contributed by atoms with Crippen LogP contribution < -0.4 is 14.8 Å².